The van der Waals surface area contributed by atoms with Crippen LogP contribution < -0.4 is 5.32 Å². The van der Waals surface area contributed by atoms with Gasteiger partial charge in [-0.05, 0) is 23.5 Å². The molecule has 0 spiro atoms. The molecule has 1 N–H and O–H groups in total. The zero-order valence-corrected chi connectivity index (χ0v) is 23.9. The molecule has 2 rings (SSSR count). The highest BCUT2D eigenvalue weighted by molar-refractivity contribution is 14.1. The summed E-state index contributed by atoms with van der Waals surface area (Å²) in [7, 11) is 0. The topological polar surface area (TPSA) is 75.7 Å². The Labute approximate surface area is 229 Å². The summed E-state index contributed by atoms with van der Waals surface area (Å²) in [6, 6.07) is 18.4. The Balaban J connectivity index is 2.13. The molecule has 0 aliphatic carbocycles. The third kappa shape index (κ3) is 9.52. The van der Waals surface area contributed by atoms with Gasteiger partial charge in [-0.2, -0.15) is 0 Å². The van der Waals surface area contributed by atoms with Gasteiger partial charge in [0.1, 0.15) is 19.2 Å². The number of hydrogen-bond donors (Lipinski definition) is 1. The average molecular weight is 690 g/mol. The van der Waals surface area contributed by atoms with Gasteiger partial charge in [0.05, 0.1) is 5.92 Å². The number of hydrogen-bond acceptors (Lipinski definition) is 4. The van der Waals surface area contributed by atoms with Gasteiger partial charge in [0.25, 0.3) is 0 Å². The van der Waals surface area contributed by atoms with Gasteiger partial charge < -0.3 is 15.0 Å². The van der Waals surface area contributed by atoms with Crippen molar-refractivity contribution in [1.29, 1.82) is 0 Å². The predicted octanol–water partition coefficient (Wildman–Crippen LogP) is 4.78. The summed E-state index contributed by atoms with van der Waals surface area (Å²) in [6.45, 7) is 4.29. The number of carbonyl (C=O) groups is 3. The number of benzene rings is 2. The van der Waals surface area contributed by atoms with Gasteiger partial charge in [-0.3, -0.25) is 14.4 Å². The number of ether oxygens (including phenoxy) is 1. The van der Waals surface area contributed by atoms with Gasteiger partial charge in [-0.1, -0.05) is 120 Å². The first-order valence-corrected chi connectivity index (χ1v) is 14.3. The summed E-state index contributed by atoms with van der Waals surface area (Å²) in [5.74, 6) is -0.887. The first kappa shape index (κ1) is 28.5. The number of nitrogens with one attached hydrogen (secondary N) is 1. The standard InChI is InChI=1S/C26H32I2N2O4/c1-19(2)13-23(25(32)29-16-24(31)34-18-21-11-7-4-8-12-21)30(26(33)22(14-27)15-28)17-20-9-5-3-6-10-20/h3-12,19,22-23H,13-18H2,1-2H3,(H,29,32)/t23-/m0/s1. The van der Waals surface area contributed by atoms with Gasteiger partial charge in [-0.15, -0.1) is 0 Å². The van der Waals surface area contributed by atoms with Crippen LogP contribution in [0.3, 0.4) is 0 Å². The molecule has 0 fully saturated rings. The molecule has 184 valence electrons. The Morgan fingerprint density at radius 1 is 0.912 bits per heavy atom. The molecular formula is C26H32I2N2O4. The number of carbonyl (C=O) groups excluding carboxylic acids is 3. The molecule has 2 aromatic rings. The minimum atomic E-state index is -0.678. The van der Waals surface area contributed by atoms with Crippen molar-refractivity contribution in [2.75, 3.05) is 15.4 Å². The van der Waals surface area contributed by atoms with Crippen molar-refractivity contribution in [3.05, 3.63) is 71.8 Å². The van der Waals surface area contributed by atoms with Crippen LogP contribution in [-0.2, 0) is 32.3 Å². The van der Waals surface area contributed by atoms with E-state index in [1.165, 1.54) is 0 Å². The van der Waals surface area contributed by atoms with Gasteiger partial charge in [0, 0.05) is 15.4 Å². The summed E-state index contributed by atoms with van der Waals surface area (Å²) in [6.07, 6.45) is 0.499. The van der Waals surface area contributed by atoms with Crippen molar-refractivity contribution < 1.29 is 19.1 Å². The summed E-state index contributed by atoms with van der Waals surface area (Å²) < 4.78 is 6.63. The maximum atomic E-state index is 13.5. The van der Waals surface area contributed by atoms with Gasteiger partial charge in [0.15, 0.2) is 0 Å². The Hall–Kier alpha value is -1.69. The zero-order chi connectivity index (χ0) is 24.9. The summed E-state index contributed by atoms with van der Waals surface area (Å²) >= 11 is 4.44. The largest absolute Gasteiger partial charge is 0.460 e. The summed E-state index contributed by atoms with van der Waals surface area (Å²) in [5, 5.41) is 2.71. The van der Waals surface area contributed by atoms with E-state index >= 15 is 0 Å². The van der Waals surface area contributed by atoms with Crippen LogP contribution in [0.15, 0.2) is 60.7 Å². The first-order chi connectivity index (χ1) is 16.3. The third-order valence-electron chi connectivity index (χ3n) is 5.22. The van der Waals surface area contributed by atoms with E-state index in [0.717, 1.165) is 11.1 Å². The van der Waals surface area contributed by atoms with E-state index in [1.807, 2.05) is 74.5 Å². The van der Waals surface area contributed by atoms with E-state index in [9.17, 15) is 14.4 Å². The highest BCUT2D eigenvalue weighted by atomic mass is 127. The number of alkyl halides is 2. The molecule has 1 atom stereocenters. The lowest BCUT2D eigenvalue weighted by molar-refractivity contribution is -0.147. The molecular weight excluding hydrogens is 658 g/mol. The molecule has 0 unspecified atom stereocenters. The smallest absolute Gasteiger partial charge is 0.325 e. The van der Waals surface area contributed by atoms with Crippen molar-refractivity contribution in [1.82, 2.24) is 10.2 Å². The highest BCUT2D eigenvalue weighted by Crippen LogP contribution is 2.21. The molecule has 6 nitrogen and oxygen atoms in total. The molecule has 34 heavy (non-hydrogen) atoms. The van der Waals surface area contributed by atoms with E-state index in [2.05, 4.69) is 50.5 Å². The van der Waals surface area contributed by atoms with Crippen molar-refractivity contribution in [3.63, 3.8) is 0 Å². The fraction of sp³-hybridized carbons (Fsp3) is 0.423. The molecule has 2 aromatic carbocycles. The first-order valence-electron chi connectivity index (χ1n) is 11.3. The van der Waals surface area contributed by atoms with Crippen LogP contribution in [0.25, 0.3) is 0 Å². The van der Waals surface area contributed by atoms with E-state index in [4.69, 9.17) is 4.74 Å². The molecule has 0 aliphatic rings. The molecule has 0 bridgehead atoms. The number of amides is 2. The SMILES string of the molecule is CC(C)C[C@@H](C(=O)NCC(=O)OCc1ccccc1)N(Cc1ccccc1)C(=O)C(CI)CI. The molecule has 2 amide bonds. The van der Waals surface area contributed by atoms with Crippen LogP contribution in [0.4, 0.5) is 0 Å². The second-order valence-electron chi connectivity index (χ2n) is 8.47. The van der Waals surface area contributed by atoms with Crippen molar-refractivity contribution >= 4 is 63.0 Å². The van der Waals surface area contributed by atoms with E-state index in [1.54, 1.807) is 4.90 Å². The highest BCUT2D eigenvalue weighted by Gasteiger charge is 2.33. The fourth-order valence-corrected chi connectivity index (χ4v) is 5.99. The van der Waals surface area contributed by atoms with Crippen molar-refractivity contribution in [3.8, 4) is 0 Å². The number of halogens is 2. The lowest BCUT2D eigenvalue weighted by atomic mass is 9.99. The van der Waals surface area contributed by atoms with Crippen LogP contribution in [-0.4, -0.2) is 44.1 Å². The third-order valence-corrected chi connectivity index (χ3v) is 7.35. The molecule has 8 heteroatoms. The average Bonchev–Trinajstić information content (AvgIpc) is 2.85. The molecule has 0 heterocycles. The second-order valence-corrected chi connectivity index (χ2v) is 10.2. The summed E-state index contributed by atoms with van der Waals surface area (Å²) in [4.78, 5) is 40.7. The monoisotopic (exact) mass is 690 g/mol. The maximum absolute atomic E-state index is 13.5. The van der Waals surface area contributed by atoms with Crippen molar-refractivity contribution in [2.45, 2.75) is 39.5 Å². The van der Waals surface area contributed by atoms with Gasteiger partial charge in [-0.25, -0.2) is 0 Å². The molecule has 0 saturated heterocycles. The van der Waals surface area contributed by atoms with Crippen LogP contribution in [0, 0.1) is 11.8 Å². The van der Waals surface area contributed by atoms with E-state index < -0.39 is 12.0 Å². The Morgan fingerprint density at radius 2 is 1.47 bits per heavy atom. The molecule has 0 radical (unpaired) electrons. The minimum Gasteiger partial charge on any atom is -0.460 e. The molecule has 0 aliphatic heterocycles. The van der Waals surface area contributed by atoms with Crippen LogP contribution in [0.5, 0.6) is 0 Å². The summed E-state index contributed by atoms with van der Waals surface area (Å²) in [5.41, 5.74) is 1.84. The Kier molecular flexibility index (Phi) is 12.9. The molecule has 0 aromatic heterocycles. The molecule has 0 saturated carbocycles. The maximum Gasteiger partial charge on any atom is 0.325 e. The predicted molar refractivity (Wildman–Crippen MR) is 151 cm³/mol. The van der Waals surface area contributed by atoms with E-state index in [-0.39, 0.29) is 36.8 Å². The normalized spacial score (nSPS) is 11.8. The second kappa shape index (κ2) is 15.3. The fourth-order valence-electron chi connectivity index (χ4n) is 3.42. The number of rotatable bonds is 13. The van der Waals surface area contributed by atoms with Crippen LogP contribution in [0.1, 0.15) is 31.4 Å². The van der Waals surface area contributed by atoms with E-state index in [0.29, 0.717) is 21.8 Å². The van der Waals surface area contributed by atoms with Crippen LogP contribution >= 0.6 is 45.2 Å². The van der Waals surface area contributed by atoms with Gasteiger partial charge in [0.2, 0.25) is 11.8 Å². The van der Waals surface area contributed by atoms with Gasteiger partial charge >= 0.3 is 5.97 Å². The Morgan fingerprint density at radius 3 is 2.00 bits per heavy atom. The lowest BCUT2D eigenvalue weighted by Crippen LogP contribution is -2.52. The lowest BCUT2D eigenvalue weighted by Gasteiger charge is -2.34. The van der Waals surface area contributed by atoms with Crippen molar-refractivity contribution in [2.24, 2.45) is 11.8 Å². The van der Waals surface area contributed by atoms with Crippen LogP contribution in [0.2, 0.25) is 0 Å². The Bertz CT molecular complexity index is 906. The minimum absolute atomic E-state index is 0.0416. The quantitative estimate of drug-likeness (QED) is 0.187. The number of nitrogens with zero attached hydrogens (tertiary/aromatic N) is 1. The zero-order valence-electron chi connectivity index (χ0n) is 19.6. The number of esters is 1.